The Morgan fingerprint density at radius 2 is 1.33 bits per heavy atom. The van der Waals surface area contributed by atoms with Gasteiger partial charge in [-0.25, -0.2) is 4.98 Å². The molecule has 0 unspecified atom stereocenters. The first kappa shape index (κ1) is 16.7. The Morgan fingerprint density at radius 1 is 0.704 bits per heavy atom. The molecule has 4 heteroatoms. The first-order valence-electron chi connectivity index (χ1n) is 8.52. The zero-order valence-electron chi connectivity index (χ0n) is 14.4. The molecule has 130 valence electrons. The Balaban J connectivity index is 1.62. The van der Waals surface area contributed by atoms with Crippen molar-refractivity contribution < 1.29 is 9.90 Å². The fourth-order valence-corrected chi connectivity index (χ4v) is 2.84. The molecule has 0 aliphatic carbocycles. The van der Waals surface area contributed by atoms with Crippen molar-refractivity contribution in [3.8, 4) is 28.1 Å². The molecule has 0 fully saturated rings. The molecule has 1 aromatic heterocycles. The second-order valence-electron chi connectivity index (χ2n) is 6.11. The van der Waals surface area contributed by atoms with Crippen molar-refractivity contribution in [2.75, 3.05) is 0 Å². The van der Waals surface area contributed by atoms with Crippen LogP contribution in [0.5, 0.6) is 5.75 Å². The lowest BCUT2D eigenvalue weighted by Gasteiger charge is -2.06. The van der Waals surface area contributed by atoms with Gasteiger partial charge in [0.25, 0.3) is 0 Å². The van der Waals surface area contributed by atoms with E-state index < -0.39 is 0 Å². The van der Waals surface area contributed by atoms with Gasteiger partial charge < -0.3 is 5.11 Å². The van der Waals surface area contributed by atoms with Crippen LogP contribution in [-0.4, -0.2) is 20.9 Å². The lowest BCUT2D eigenvalue weighted by molar-refractivity contribution is 0.103. The molecule has 0 aliphatic rings. The highest BCUT2D eigenvalue weighted by atomic mass is 16.3. The molecule has 4 aromatic rings. The molecule has 0 radical (unpaired) electrons. The van der Waals surface area contributed by atoms with Gasteiger partial charge in [-0.2, -0.15) is 0 Å². The SMILES string of the molecule is O=C(c1ccc(O)cc1)c1cncc(-c2ccc(-c3ccccc3)cc2)n1. The summed E-state index contributed by atoms with van der Waals surface area (Å²) in [4.78, 5) is 21.2. The highest BCUT2D eigenvalue weighted by Crippen LogP contribution is 2.24. The molecule has 0 aliphatic heterocycles. The summed E-state index contributed by atoms with van der Waals surface area (Å²) in [6.07, 6.45) is 3.10. The standard InChI is InChI=1S/C23H16N2O2/c26-20-12-10-19(11-13-20)23(27)22-15-24-14-21(25-22)18-8-6-17(7-9-18)16-4-2-1-3-5-16/h1-15,26H. The number of ketones is 1. The number of benzene rings is 3. The fraction of sp³-hybridized carbons (Fsp3) is 0. The van der Waals surface area contributed by atoms with Crippen molar-refractivity contribution in [1.29, 1.82) is 0 Å². The second kappa shape index (κ2) is 7.22. The maximum Gasteiger partial charge on any atom is 0.212 e. The smallest absolute Gasteiger partial charge is 0.212 e. The molecule has 0 saturated heterocycles. The number of hydrogen-bond donors (Lipinski definition) is 1. The number of aromatic nitrogens is 2. The highest BCUT2D eigenvalue weighted by Gasteiger charge is 2.12. The van der Waals surface area contributed by atoms with Crippen molar-refractivity contribution in [1.82, 2.24) is 9.97 Å². The van der Waals surface area contributed by atoms with Crippen LogP contribution in [0.25, 0.3) is 22.4 Å². The van der Waals surface area contributed by atoms with E-state index in [0.717, 1.165) is 16.7 Å². The molecule has 4 rings (SSSR count). The first-order chi connectivity index (χ1) is 13.2. The van der Waals surface area contributed by atoms with Gasteiger partial charge in [0, 0.05) is 11.1 Å². The first-order valence-corrected chi connectivity index (χ1v) is 8.52. The molecule has 0 spiro atoms. The van der Waals surface area contributed by atoms with Gasteiger partial charge >= 0.3 is 0 Å². The molecule has 1 heterocycles. The van der Waals surface area contributed by atoms with Crippen LogP contribution < -0.4 is 0 Å². The molecule has 0 amide bonds. The third-order valence-corrected chi connectivity index (χ3v) is 4.28. The summed E-state index contributed by atoms with van der Waals surface area (Å²) >= 11 is 0. The summed E-state index contributed by atoms with van der Waals surface area (Å²) in [7, 11) is 0. The molecule has 0 bridgehead atoms. The van der Waals surface area contributed by atoms with Crippen molar-refractivity contribution in [3.05, 3.63) is 103 Å². The number of rotatable bonds is 4. The van der Waals surface area contributed by atoms with E-state index in [4.69, 9.17) is 0 Å². The predicted molar refractivity (Wildman–Crippen MR) is 104 cm³/mol. The van der Waals surface area contributed by atoms with Crippen molar-refractivity contribution in [2.45, 2.75) is 0 Å². The van der Waals surface area contributed by atoms with Crippen LogP contribution >= 0.6 is 0 Å². The van der Waals surface area contributed by atoms with E-state index in [2.05, 4.69) is 22.1 Å². The summed E-state index contributed by atoms with van der Waals surface area (Å²) in [6, 6.07) is 24.2. The van der Waals surface area contributed by atoms with Crippen molar-refractivity contribution in [2.24, 2.45) is 0 Å². The minimum atomic E-state index is -0.231. The molecule has 0 atom stereocenters. The Hall–Kier alpha value is -3.79. The van der Waals surface area contributed by atoms with Crippen molar-refractivity contribution in [3.63, 3.8) is 0 Å². The second-order valence-corrected chi connectivity index (χ2v) is 6.11. The third kappa shape index (κ3) is 3.60. The van der Waals surface area contributed by atoms with Crippen LogP contribution in [0.1, 0.15) is 16.1 Å². The third-order valence-electron chi connectivity index (χ3n) is 4.28. The maximum atomic E-state index is 12.6. The van der Waals surface area contributed by atoms with Gasteiger partial charge in [0.2, 0.25) is 5.78 Å². The maximum absolute atomic E-state index is 12.6. The Labute approximate surface area is 156 Å². The van der Waals surface area contributed by atoms with Crippen LogP contribution in [-0.2, 0) is 0 Å². The summed E-state index contributed by atoms with van der Waals surface area (Å²) < 4.78 is 0. The average molecular weight is 352 g/mol. The topological polar surface area (TPSA) is 63.1 Å². The van der Waals surface area contributed by atoms with Crippen LogP contribution in [0.2, 0.25) is 0 Å². The van der Waals surface area contributed by atoms with Gasteiger partial charge in [0.1, 0.15) is 11.4 Å². The number of nitrogens with zero attached hydrogens (tertiary/aromatic N) is 2. The van der Waals surface area contributed by atoms with E-state index in [1.54, 1.807) is 18.3 Å². The summed E-state index contributed by atoms with van der Waals surface area (Å²) in [6.45, 7) is 0. The minimum Gasteiger partial charge on any atom is -0.508 e. The zero-order chi connectivity index (χ0) is 18.6. The Kier molecular flexibility index (Phi) is 4.45. The van der Waals surface area contributed by atoms with E-state index in [-0.39, 0.29) is 17.2 Å². The largest absolute Gasteiger partial charge is 0.508 e. The van der Waals surface area contributed by atoms with Gasteiger partial charge in [-0.15, -0.1) is 0 Å². The molecular weight excluding hydrogens is 336 g/mol. The summed E-state index contributed by atoms with van der Waals surface area (Å²) in [5, 5.41) is 9.37. The van der Waals surface area contributed by atoms with Gasteiger partial charge in [-0.05, 0) is 35.4 Å². The highest BCUT2D eigenvalue weighted by molar-refractivity contribution is 6.07. The average Bonchev–Trinajstić information content (AvgIpc) is 2.75. The van der Waals surface area contributed by atoms with E-state index >= 15 is 0 Å². The molecule has 27 heavy (non-hydrogen) atoms. The molecule has 1 N–H and O–H groups in total. The van der Waals surface area contributed by atoms with Crippen LogP contribution in [0, 0.1) is 0 Å². The van der Waals surface area contributed by atoms with E-state index in [0.29, 0.717) is 11.3 Å². The number of phenolic OH excluding ortho intramolecular Hbond substituents is 1. The number of aromatic hydroxyl groups is 1. The van der Waals surface area contributed by atoms with E-state index in [9.17, 15) is 9.90 Å². The number of phenols is 1. The van der Waals surface area contributed by atoms with Gasteiger partial charge in [-0.3, -0.25) is 9.78 Å². The van der Waals surface area contributed by atoms with Gasteiger partial charge in [0.15, 0.2) is 0 Å². The molecule has 3 aromatic carbocycles. The minimum absolute atomic E-state index is 0.116. The Bertz CT molecular complexity index is 1070. The monoisotopic (exact) mass is 352 g/mol. The lowest BCUT2D eigenvalue weighted by atomic mass is 10.0. The van der Waals surface area contributed by atoms with Crippen LogP contribution in [0.15, 0.2) is 91.3 Å². The fourth-order valence-electron chi connectivity index (χ4n) is 2.84. The van der Waals surface area contributed by atoms with Gasteiger partial charge in [-0.1, -0.05) is 54.6 Å². The zero-order valence-corrected chi connectivity index (χ0v) is 14.4. The van der Waals surface area contributed by atoms with Crippen molar-refractivity contribution >= 4 is 5.78 Å². The lowest BCUT2D eigenvalue weighted by Crippen LogP contribution is -2.05. The van der Waals surface area contributed by atoms with Crippen LogP contribution in [0.4, 0.5) is 0 Å². The van der Waals surface area contributed by atoms with E-state index in [1.807, 2.05) is 42.5 Å². The molecular formula is C23H16N2O2. The quantitative estimate of drug-likeness (QED) is 0.539. The predicted octanol–water partition coefficient (Wildman–Crippen LogP) is 4.75. The number of carbonyl (C=O) groups is 1. The molecule has 0 saturated carbocycles. The van der Waals surface area contributed by atoms with Crippen LogP contribution in [0.3, 0.4) is 0 Å². The number of carbonyl (C=O) groups excluding carboxylic acids is 1. The Morgan fingerprint density at radius 3 is 2.04 bits per heavy atom. The number of hydrogen-bond acceptors (Lipinski definition) is 4. The normalized spacial score (nSPS) is 10.5. The summed E-state index contributed by atoms with van der Waals surface area (Å²) in [5.74, 6) is -0.116. The molecule has 4 nitrogen and oxygen atoms in total. The summed E-state index contributed by atoms with van der Waals surface area (Å²) in [5.41, 5.74) is 4.51. The van der Waals surface area contributed by atoms with Gasteiger partial charge in [0.05, 0.1) is 18.1 Å². The van der Waals surface area contributed by atoms with E-state index in [1.165, 1.54) is 18.3 Å².